The summed E-state index contributed by atoms with van der Waals surface area (Å²) in [6, 6.07) is 10.7. The molecule has 2 aromatic carbocycles. The third-order valence-electron chi connectivity index (χ3n) is 2.57. The van der Waals surface area contributed by atoms with Crippen LogP contribution in [0.3, 0.4) is 0 Å². The Labute approximate surface area is 124 Å². The number of hydrogen-bond acceptors (Lipinski definition) is 2. The second-order valence-corrected chi connectivity index (χ2v) is 5.34. The van der Waals surface area contributed by atoms with Crippen LogP contribution in [0.15, 0.2) is 36.4 Å². The van der Waals surface area contributed by atoms with Crippen molar-refractivity contribution in [2.45, 2.75) is 0 Å². The molecule has 1 aromatic heterocycles. The molecule has 0 saturated carbocycles. The van der Waals surface area contributed by atoms with Gasteiger partial charge in [-0.2, -0.15) is 0 Å². The van der Waals surface area contributed by atoms with E-state index in [1.165, 1.54) is 0 Å². The number of benzene rings is 2. The third kappa shape index (κ3) is 2.78. The van der Waals surface area contributed by atoms with Gasteiger partial charge in [0.15, 0.2) is 0 Å². The molecular weight excluding hydrogens is 305 g/mol. The van der Waals surface area contributed by atoms with Crippen LogP contribution in [-0.4, -0.2) is 9.97 Å². The fourth-order valence-corrected chi connectivity index (χ4v) is 2.50. The maximum Gasteiger partial charge on any atom is 0.205 e. The summed E-state index contributed by atoms with van der Waals surface area (Å²) in [4.78, 5) is 7.53. The van der Waals surface area contributed by atoms with Gasteiger partial charge in [0.1, 0.15) is 0 Å². The molecule has 2 N–H and O–H groups in total. The van der Waals surface area contributed by atoms with Crippen molar-refractivity contribution in [3.05, 3.63) is 51.5 Å². The quantitative estimate of drug-likeness (QED) is 0.677. The normalized spacial score (nSPS) is 10.9. The second kappa shape index (κ2) is 4.93. The molecule has 96 valence electrons. The number of hydrogen-bond donors (Lipinski definition) is 2. The van der Waals surface area contributed by atoms with Crippen molar-refractivity contribution in [2.75, 3.05) is 5.32 Å². The molecule has 0 spiro atoms. The van der Waals surface area contributed by atoms with Crippen molar-refractivity contribution in [3.63, 3.8) is 0 Å². The van der Waals surface area contributed by atoms with Crippen LogP contribution < -0.4 is 5.32 Å². The number of nitrogens with one attached hydrogen (secondary N) is 2. The first-order valence-electron chi connectivity index (χ1n) is 5.48. The summed E-state index contributed by atoms with van der Waals surface area (Å²) in [5.74, 6) is 0.607. The number of halogens is 3. The van der Waals surface area contributed by atoms with Gasteiger partial charge in [0.25, 0.3) is 0 Å². The Kier molecular flexibility index (Phi) is 3.27. The minimum Gasteiger partial charge on any atom is -0.326 e. The van der Waals surface area contributed by atoms with Crippen molar-refractivity contribution < 1.29 is 0 Å². The molecule has 0 saturated heterocycles. The summed E-state index contributed by atoms with van der Waals surface area (Å²) in [5.41, 5.74) is 2.46. The highest BCUT2D eigenvalue weighted by molar-refractivity contribution is 6.35. The number of fused-ring (bicyclic) bond motifs is 1. The molecule has 3 nitrogen and oxygen atoms in total. The molecule has 1 heterocycles. The SMILES string of the molecule is Clc1cc(Cl)cc(Nc2nc3ccc(Cl)cc3[nH]2)c1. The first kappa shape index (κ1) is 12.6. The van der Waals surface area contributed by atoms with Crippen LogP contribution in [0.4, 0.5) is 11.6 Å². The van der Waals surface area contributed by atoms with Gasteiger partial charge in [0, 0.05) is 20.8 Å². The first-order chi connectivity index (χ1) is 9.10. The summed E-state index contributed by atoms with van der Waals surface area (Å²) in [7, 11) is 0. The zero-order valence-corrected chi connectivity index (χ0v) is 11.8. The van der Waals surface area contributed by atoms with E-state index in [4.69, 9.17) is 34.8 Å². The van der Waals surface area contributed by atoms with E-state index in [1.807, 2.05) is 12.1 Å². The van der Waals surface area contributed by atoms with E-state index in [-0.39, 0.29) is 0 Å². The van der Waals surface area contributed by atoms with Gasteiger partial charge >= 0.3 is 0 Å². The molecule has 0 fully saturated rings. The van der Waals surface area contributed by atoms with Crippen LogP contribution in [0.5, 0.6) is 0 Å². The van der Waals surface area contributed by atoms with Crippen LogP contribution >= 0.6 is 34.8 Å². The summed E-state index contributed by atoms with van der Waals surface area (Å²) >= 11 is 17.8. The molecule has 0 aliphatic carbocycles. The lowest BCUT2D eigenvalue weighted by molar-refractivity contribution is 1.31. The summed E-state index contributed by atoms with van der Waals surface area (Å²) < 4.78 is 0. The summed E-state index contributed by atoms with van der Waals surface area (Å²) in [6.07, 6.45) is 0. The molecule has 0 radical (unpaired) electrons. The lowest BCUT2D eigenvalue weighted by Gasteiger charge is -2.03. The molecule has 0 atom stereocenters. The van der Waals surface area contributed by atoms with E-state index >= 15 is 0 Å². The number of imidazole rings is 1. The highest BCUT2D eigenvalue weighted by Crippen LogP contribution is 2.26. The van der Waals surface area contributed by atoms with Gasteiger partial charge in [0.2, 0.25) is 5.95 Å². The molecular formula is C13H8Cl3N3. The van der Waals surface area contributed by atoms with Crippen LogP contribution in [0.2, 0.25) is 15.1 Å². The van der Waals surface area contributed by atoms with Crippen LogP contribution in [-0.2, 0) is 0 Å². The first-order valence-corrected chi connectivity index (χ1v) is 6.62. The van der Waals surface area contributed by atoms with Gasteiger partial charge in [-0.25, -0.2) is 4.98 Å². The Morgan fingerprint density at radius 1 is 0.895 bits per heavy atom. The van der Waals surface area contributed by atoms with Crippen molar-refractivity contribution in [1.29, 1.82) is 0 Å². The number of anilines is 2. The lowest BCUT2D eigenvalue weighted by Crippen LogP contribution is -1.91. The Hall–Kier alpha value is -1.42. The largest absolute Gasteiger partial charge is 0.326 e. The van der Waals surface area contributed by atoms with Crippen LogP contribution in [0, 0.1) is 0 Å². The minimum atomic E-state index is 0.564. The summed E-state index contributed by atoms with van der Waals surface area (Å²) in [5, 5.41) is 4.90. The Bertz CT molecular complexity index is 732. The van der Waals surface area contributed by atoms with Crippen molar-refractivity contribution >= 4 is 57.5 Å². The zero-order valence-electron chi connectivity index (χ0n) is 9.55. The maximum absolute atomic E-state index is 5.94. The Morgan fingerprint density at radius 3 is 2.37 bits per heavy atom. The fourth-order valence-electron chi connectivity index (χ4n) is 1.80. The van der Waals surface area contributed by atoms with Gasteiger partial charge in [-0.3, -0.25) is 0 Å². The molecule has 0 aliphatic rings. The monoisotopic (exact) mass is 311 g/mol. The van der Waals surface area contributed by atoms with E-state index in [9.17, 15) is 0 Å². The average molecular weight is 313 g/mol. The molecule has 0 unspecified atom stereocenters. The molecule has 6 heteroatoms. The van der Waals surface area contributed by atoms with Crippen molar-refractivity contribution in [3.8, 4) is 0 Å². The maximum atomic E-state index is 5.94. The third-order valence-corrected chi connectivity index (χ3v) is 3.24. The van der Waals surface area contributed by atoms with Crippen LogP contribution in [0.1, 0.15) is 0 Å². The second-order valence-electron chi connectivity index (χ2n) is 4.03. The molecule has 0 bridgehead atoms. The molecule has 3 aromatic rings. The van der Waals surface area contributed by atoms with Gasteiger partial charge in [0.05, 0.1) is 11.0 Å². The Balaban J connectivity index is 1.96. The van der Waals surface area contributed by atoms with E-state index in [2.05, 4.69) is 15.3 Å². The standard InChI is InChI=1S/C13H8Cl3N3/c14-7-1-2-11-12(6-7)19-13(18-11)17-10-4-8(15)3-9(16)5-10/h1-6H,(H2,17,18,19). The predicted molar refractivity (Wildman–Crippen MR) is 80.8 cm³/mol. The smallest absolute Gasteiger partial charge is 0.205 e. The molecule has 3 rings (SSSR count). The fraction of sp³-hybridized carbons (Fsp3) is 0. The van der Waals surface area contributed by atoms with Gasteiger partial charge in [-0.1, -0.05) is 34.8 Å². The molecule has 0 aliphatic heterocycles. The van der Waals surface area contributed by atoms with Gasteiger partial charge in [-0.15, -0.1) is 0 Å². The van der Waals surface area contributed by atoms with Gasteiger partial charge in [-0.05, 0) is 36.4 Å². The van der Waals surface area contributed by atoms with Crippen LogP contribution in [0.25, 0.3) is 11.0 Å². The number of aromatic amines is 1. The highest BCUT2D eigenvalue weighted by atomic mass is 35.5. The van der Waals surface area contributed by atoms with E-state index < -0.39 is 0 Å². The van der Waals surface area contributed by atoms with Crippen molar-refractivity contribution in [1.82, 2.24) is 9.97 Å². The number of H-pyrrole nitrogens is 1. The van der Waals surface area contributed by atoms with E-state index in [0.717, 1.165) is 16.7 Å². The summed E-state index contributed by atoms with van der Waals surface area (Å²) in [6.45, 7) is 0. The van der Waals surface area contributed by atoms with Gasteiger partial charge < -0.3 is 10.3 Å². The highest BCUT2D eigenvalue weighted by Gasteiger charge is 2.04. The zero-order chi connectivity index (χ0) is 13.4. The number of nitrogens with zero attached hydrogens (tertiary/aromatic N) is 1. The Morgan fingerprint density at radius 2 is 1.63 bits per heavy atom. The number of rotatable bonds is 2. The number of aromatic nitrogens is 2. The predicted octanol–water partition coefficient (Wildman–Crippen LogP) is 5.27. The lowest BCUT2D eigenvalue weighted by atomic mass is 10.3. The molecule has 0 amide bonds. The topological polar surface area (TPSA) is 40.7 Å². The van der Waals surface area contributed by atoms with Crippen molar-refractivity contribution in [2.24, 2.45) is 0 Å². The van der Waals surface area contributed by atoms with E-state index in [1.54, 1.807) is 24.3 Å². The molecule has 19 heavy (non-hydrogen) atoms. The minimum absolute atomic E-state index is 0.564. The average Bonchev–Trinajstić information content (AvgIpc) is 2.68. The van der Waals surface area contributed by atoms with E-state index in [0.29, 0.717) is 21.0 Å².